The zero-order valence-corrected chi connectivity index (χ0v) is 8.43. The molecule has 0 aromatic carbocycles. The third-order valence-electron chi connectivity index (χ3n) is 3.15. The van der Waals surface area contributed by atoms with Crippen molar-refractivity contribution < 1.29 is 9.47 Å². The van der Waals surface area contributed by atoms with Crippen LogP contribution in [-0.2, 0) is 9.47 Å². The van der Waals surface area contributed by atoms with Crippen molar-refractivity contribution in [2.24, 2.45) is 9.98 Å². The van der Waals surface area contributed by atoms with Gasteiger partial charge in [-0.2, -0.15) is 0 Å². The predicted octanol–water partition coefficient (Wildman–Crippen LogP) is 1.15. The second-order valence-corrected chi connectivity index (χ2v) is 4.21. The maximum absolute atomic E-state index is 5.63. The smallest absolute Gasteiger partial charge is 0.180 e. The monoisotopic (exact) mass is 194 g/mol. The minimum atomic E-state index is 0.234. The van der Waals surface area contributed by atoms with Gasteiger partial charge in [-0.15, -0.1) is 0 Å². The largest absolute Gasteiger partial charge is 0.476 e. The van der Waals surface area contributed by atoms with E-state index in [0.717, 1.165) is 24.6 Å². The highest BCUT2D eigenvalue weighted by atomic mass is 16.5. The lowest BCUT2D eigenvalue weighted by molar-refractivity contribution is 0.0608. The van der Waals surface area contributed by atoms with E-state index >= 15 is 0 Å². The lowest BCUT2D eigenvalue weighted by Gasteiger charge is -2.29. The highest BCUT2D eigenvalue weighted by Gasteiger charge is 2.44. The summed E-state index contributed by atoms with van der Waals surface area (Å²) in [5.74, 6) is 1.64. The molecule has 76 valence electrons. The van der Waals surface area contributed by atoms with Crippen LogP contribution in [0.2, 0.25) is 0 Å². The first-order valence-corrected chi connectivity index (χ1v) is 5.14. The number of hydrogen-bond acceptors (Lipinski definition) is 4. The Hall–Kier alpha value is -1.06. The number of aliphatic imine (C=N–C) groups is 2. The Morgan fingerprint density at radius 2 is 1.43 bits per heavy atom. The van der Waals surface area contributed by atoms with E-state index in [1.165, 1.54) is 0 Å². The third-order valence-corrected chi connectivity index (χ3v) is 3.15. The fourth-order valence-corrected chi connectivity index (χ4v) is 2.59. The molecule has 3 rings (SSSR count). The van der Waals surface area contributed by atoms with Gasteiger partial charge in [0.1, 0.15) is 12.2 Å². The van der Waals surface area contributed by atoms with Gasteiger partial charge in [0.2, 0.25) is 0 Å². The summed E-state index contributed by atoms with van der Waals surface area (Å²) < 4.78 is 11.3. The van der Waals surface area contributed by atoms with Crippen LogP contribution in [0.25, 0.3) is 0 Å². The molecular formula is C10H14N2O2. The molecule has 2 heterocycles. The van der Waals surface area contributed by atoms with Crippen LogP contribution < -0.4 is 0 Å². The fraction of sp³-hybridized carbons (Fsp3) is 0.800. The van der Waals surface area contributed by atoms with Crippen molar-refractivity contribution in [1.82, 2.24) is 0 Å². The lowest BCUT2D eigenvalue weighted by atomic mass is 9.87. The molecule has 4 heteroatoms. The summed E-state index contributed by atoms with van der Waals surface area (Å²) in [5.41, 5.74) is 0. The zero-order valence-electron chi connectivity index (χ0n) is 8.43. The molecule has 0 amide bonds. The summed E-state index contributed by atoms with van der Waals surface area (Å²) in [6, 6.07) is 0.629. The van der Waals surface area contributed by atoms with Gasteiger partial charge in [0.15, 0.2) is 11.8 Å². The number of nitrogens with zero attached hydrogens (tertiary/aromatic N) is 2. The molecule has 0 radical (unpaired) electrons. The van der Waals surface area contributed by atoms with Crippen molar-refractivity contribution in [1.29, 1.82) is 0 Å². The van der Waals surface area contributed by atoms with Crippen molar-refractivity contribution in [3.63, 3.8) is 0 Å². The van der Waals surface area contributed by atoms with E-state index in [1.54, 1.807) is 0 Å². The van der Waals surface area contributed by atoms with Gasteiger partial charge in [0.25, 0.3) is 0 Å². The first-order valence-electron chi connectivity index (χ1n) is 5.14. The maximum atomic E-state index is 5.63. The molecule has 2 aliphatic heterocycles. The molecule has 0 bridgehead atoms. The van der Waals surface area contributed by atoms with E-state index in [9.17, 15) is 0 Å². The molecule has 0 spiro atoms. The van der Waals surface area contributed by atoms with Crippen LogP contribution >= 0.6 is 0 Å². The Kier molecular flexibility index (Phi) is 1.60. The normalized spacial score (nSPS) is 44.4. The summed E-state index contributed by atoms with van der Waals surface area (Å²) in [6.07, 6.45) is 2.37. The Labute approximate surface area is 83.0 Å². The highest BCUT2D eigenvalue weighted by Crippen LogP contribution is 2.34. The lowest BCUT2D eigenvalue weighted by Crippen LogP contribution is -2.41. The van der Waals surface area contributed by atoms with Crippen LogP contribution in [0.4, 0.5) is 0 Å². The SMILES string of the molecule is CC1=NC2CC3N=C(C)OC3CC2O1. The minimum Gasteiger partial charge on any atom is -0.476 e. The molecule has 4 nitrogen and oxygen atoms in total. The van der Waals surface area contributed by atoms with Crippen LogP contribution in [0.3, 0.4) is 0 Å². The van der Waals surface area contributed by atoms with Crippen molar-refractivity contribution >= 4 is 11.8 Å². The van der Waals surface area contributed by atoms with Gasteiger partial charge in [-0.1, -0.05) is 0 Å². The van der Waals surface area contributed by atoms with Crippen LogP contribution in [-0.4, -0.2) is 36.1 Å². The van der Waals surface area contributed by atoms with Crippen molar-refractivity contribution in [3.8, 4) is 0 Å². The van der Waals surface area contributed by atoms with Gasteiger partial charge in [0.05, 0.1) is 12.1 Å². The Bertz CT molecular complexity index is 294. The molecular weight excluding hydrogens is 180 g/mol. The molecule has 0 N–H and O–H groups in total. The van der Waals surface area contributed by atoms with E-state index in [1.807, 2.05) is 13.8 Å². The Balaban J connectivity index is 1.79. The summed E-state index contributed by atoms with van der Waals surface area (Å²) in [6.45, 7) is 3.84. The van der Waals surface area contributed by atoms with Crippen molar-refractivity contribution in [2.75, 3.05) is 0 Å². The molecule has 4 atom stereocenters. The van der Waals surface area contributed by atoms with Gasteiger partial charge < -0.3 is 9.47 Å². The van der Waals surface area contributed by atoms with Crippen molar-refractivity contribution in [2.45, 2.75) is 51.0 Å². The van der Waals surface area contributed by atoms with E-state index in [4.69, 9.17) is 9.47 Å². The second kappa shape index (κ2) is 2.72. The van der Waals surface area contributed by atoms with E-state index < -0.39 is 0 Å². The maximum Gasteiger partial charge on any atom is 0.180 e. The summed E-state index contributed by atoms with van der Waals surface area (Å²) in [4.78, 5) is 8.93. The molecule has 0 saturated heterocycles. The van der Waals surface area contributed by atoms with Crippen LogP contribution in [0.5, 0.6) is 0 Å². The number of ether oxygens (including phenoxy) is 2. The molecule has 1 saturated carbocycles. The quantitative estimate of drug-likeness (QED) is 0.580. The topological polar surface area (TPSA) is 43.2 Å². The van der Waals surface area contributed by atoms with Gasteiger partial charge in [0, 0.05) is 20.3 Å². The summed E-state index contributed by atoms with van der Waals surface area (Å²) in [5, 5.41) is 0. The third kappa shape index (κ3) is 1.13. The Morgan fingerprint density at radius 1 is 0.929 bits per heavy atom. The predicted molar refractivity (Wildman–Crippen MR) is 52.8 cm³/mol. The molecule has 14 heavy (non-hydrogen) atoms. The van der Waals surface area contributed by atoms with Crippen molar-refractivity contribution in [3.05, 3.63) is 0 Å². The fourth-order valence-electron chi connectivity index (χ4n) is 2.59. The van der Waals surface area contributed by atoms with E-state index in [-0.39, 0.29) is 12.2 Å². The van der Waals surface area contributed by atoms with Crippen LogP contribution in [0.1, 0.15) is 26.7 Å². The highest BCUT2D eigenvalue weighted by molar-refractivity contribution is 5.76. The second-order valence-electron chi connectivity index (χ2n) is 4.21. The van der Waals surface area contributed by atoms with Gasteiger partial charge in [-0.05, 0) is 6.42 Å². The van der Waals surface area contributed by atoms with Gasteiger partial charge >= 0.3 is 0 Å². The first-order chi connectivity index (χ1) is 6.72. The van der Waals surface area contributed by atoms with E-state index in [2.05, 4.69) is 9.98 Å². The number of hydrogen-bond donors (Lipinski definition) is 0. The minimum absolute atomic E-state index is 0.234. The standard InChI is InChI=1S/C10H14N2O2/c1-5-11-7-3-8-10(4-9(7)13-5)14-6(2)12-8/h7-10H,3-4H2,1-2H3. The van der Waals surface area contributed by atoms with Gasteiger partial charge in [-0.3, -0.25) is 0 Å². The summed E-state index contributed by atoms with van der Waals surface area (Å²) in [7, 11) is 0. The number of fused-ring (bicyclic) bond motifs is 2. The zero-order chi connectivity index (χ0) is 9.71. The van der Waals surface area contributed by atoms with Crippen LogP contribution in [0.15, 0.2) is 9.98 Å². The average Bonchev–Trinajstić information content (AvgIpc) is 2.59. The average molecular weight is 194 g/mol. The van der Waals surface area contributed by atoms with E-state index in [0.29, 0.717) is 12.1 Å². The first kappa shape index (κ1) is 8.26. The molecule has 4 unspecified atom stereocenters. The van der Waals surface area contributed by atoms with Crippen LogP contribution in [0, 0.1) is 0 Å². The molecule has 0 aromatic heterocycles. The molecule has 0 aromatic rings. The summed E-state index contributed by atoms with van der Waals surface area (Å²) >= 11 is 0. The molecule has 3 aliphatic rings. The van der Waals surface area contributed by atoms with Gasteiger partial charge in [-0.25, -0.2) is 9.98 Å². The number of rotatable bonds is 0. The molecule has 1 fully saturated rings. The molecule has 1 aliphatic carbocycles. The Morgan fingerprint density at radius 3 is 1.93 bits per heavy atom.